The van der Waals surface area contributed by atoms with E-state index in [2.05, 4.69) is 5.10 Å². The Kier molecular flexibility index (Phi) is 4.63. The van der Waals surface area contributed by atoms with Crippen LogP contribution in [-0.4, -0.2) is 20.9 Å². The second-order valence-corrected chi connectivity index (χ2v) is 5.07. The normalized spacial score (nSPS) is 10.9. The van der Waals surface area contributed by atoms with Crippen LogP contribution in [-0.2, 0) is 24.1 Å². The molecule has 0 radical (unpaired) electrons. The predicted octanol–water partition coefficient (Wildman–Crippen LogP) is 3.42. The Bertz CT molecular complexity index is 683. The van der Waals surface area contributed by atoms with Crippen molar-refractivity contribution >= 4 is 17.6 Å². The smallest absolute Gasteiger partial charge is 0.307 e. The molecule has 0 saturated carbocycles. The maximum absolute atomic E-state index is 13.6. The fraction of sp³-hybridized carbons (Fsp3) is 0.333. The molecule has 6 heteroatoms. The molecule has 0 aliphatic rings. The maximum atomic E-state index is 13.6. The summed E-state index contributed by atoms with van der Waals surface area (Å²) in [6.07, 6.45) is 1.15. The van der Waals surface area contributed by atoms with Crippen LogP contribution in [0.15, 0.2) is 18.2 Å². The molecule has 1 heterocycles. The van der Waals surface area contributed by atoms with Crippen LogP contribution in [0.2, 0.25) is 5.02 Å². The molecule has 0 spiro atoms. The Hall–Kier alpha value is -1.88. The zero-order valence-corrected chi connectivity index (χ0v) is 12.6. The molecule has 4 nitrogen and oxygen atoms in total. The Morgan fingerprint density at radius 3 is 2.62 bits per heavy atom. The molecule has 0 bridgehead atoms. The van der Waals surface area contributed by atoms with E-state index < -0.39 is 11.8 Å². The molecule has 0 fully saturated rings. The number of nitrogens with zero attached hydrogens (tertiary/aromatic N) is 2. The molecule has 0 unspecified atom stereocenters. The molecular formula is C15H16ClFN2O2. The molecule has 1 N–H and O–H groups in total. The average Bonchev–Trinajstić information content (AvgIpc) is 2.78. The monoisotopic (exact) mass is 310 g/mol. The van der Waals surface area contributed by atoms with Gasteiger partial charge in [-0.05, 0) is 25.0 Å². The minimum absolute atomic E-state index is 0.0467. The molecule has 1 aromatic carbocycles. The van der Waals surface area contributed by atoms with Crippen molar-refractivity contribution in [1.82, 2.24) is 9.78 Å². The van der Waals surface area contributed by atoms with Crippen LogP contribution in [0.25, 0.3) is 5.69 Å². The molecule has 21 heavy (non-hydrogen) atoms. The van der Waals surface area contributed by atoms with Gasteiger partial charge in [0.25, 0.3) is 0 Å². The highest BCUT2D eigenvalue weighted by atomic mass is 35.5. The van der Waals surface area contributed by atoms with E-state index in [4.69, 9.17) is 16.7 Å². The molecule has 2 aromatic rings. The lowest BCUT2D eigenvalue weighted by atomic mass is 10.1. The van der Waals surface area contributed by atoms with E-state index in [1.807, 2.05) is 13.8 Å². The van der Waals surface area contributed by atoms with Gasteiger partial charge in [-0.1, -0.05) is 25.4 Å². The fourth-order valence-corrected chi connectivity index (χ4v) is 2.49. The fourth-order valence-electron chi connectivity index (χ4n) is 2.37. The number of aromatic nitrogens is 2. The average molecular weight is 311 g/mol. The number of rotatable bonds is 5. The molecule has 112 valence electrons. The highest BCUT2D eigenvalue weighted by Crippen LogP contribution is 2.23. The summed E-state index contributed by atoms with van der Waals surface area (Å²) in [6, 6.07) is 4.44. The first-order valence-electron chi connectivity index (χ1n) is 6.74. The van der Waals surface area contributed by atoms with E-state index in [0.717, 1.165) is 11.4 Å². The summed E-state index contributed by atoms with van der Waals surface area (Å²) in [6.45, 7) is 3.84. The lowest BCUT2D eigenvalue weighted by Gasteiger charge is -2.08. The van der Waals surface area contributed by atoms with Crippen LogP contribution < -0.4 is 0 Å². The molecule has 0 atom stereocenters. The highest BCUT2D eigenvalue weighted by molar-refractivity contribution is 6.30. The number of aryl methyl sites for hydroxylation is 1. The largest absolute Gasteiger partial charge is 0.481 e. The quantitative estimate of drug-likeness (QED) is 0.920. The van der Waals surface area contributed by atoms with E-state index in [9.17, 15) is 9.18 Å². The first-order chi connectivity index (χ1) is 9.97. The van der Waals surface area contributed by atoms with Gasteiger partial charge in [-0.2, -0.15) is 5.10 Å². The van der Waals surface area contributed by atoms with Gasteiger partial charge >= 0.3 is 5.97 Å². The van der Waals surface area contributed by atoms with Crippen molar-refractivity contribution in [3.63, 3.8) is 0 Å². The summed E-state index contributed by atoms with van der Waals surface area (Å²) < 4.78 is 15.2. The predicted molar refractivity (Wildman–Crippen MR) is 78.6 cm³/mol. The lowest BCUT2D eigenvalue weighted by Crippen LogP contribution is -2.06. The van der Waals surface area contributed by atoms with Gasteiger partial charge in [0, 0.05) is 17.3 Å². The minimum Gasteiger partial charge on any atom is -0.481 e. The van der Waals surface area contributed by atoms with Crippen molar-refractivity contribution < 1.29 is 14.3 Å². The number of hydrogen-bond donors (Lipinski definition) is 1. The van der Waals surface area contributed by atoms with Gasteiger partial charge in [0.05, 0.1) is 22.8 Å². The van der Waals surface area contributed by atoms with Gasteiger partial charge < -0.3 is 5.11 Å². The van der Waals surface area contributed by atoms with Crippen LogP contribution in [0.3, 0.4) is 0 Å². The first-order valence-corrected chi connectivity index (χ1v) is 7.12. The molecule has 1 aromatic heterocycles. The summed E-state index contributed by atoms with van der Waals surface area (Å²) in [5, 5.41) is 13.5. The number of carboxylic acids is 1. The Labute approximate surface area is 127 Å². The van der Waals surface area contributed by atoms with Crippen LogP contribution in [0, 0.1) is 5.82 Å². The number of benzene rings is 1. The molecule has 0 amide bonds. The third-order valence-corrected chi connectivity index (χ3v) is 3.63. The summed E-state index contributed by atoms with van der Waals surface area (Å²) in [5.74, 6) is -1.43. The Morgan fingerprint density at radius 2 is 2.10 bits per heavy atom. The first kappa shape index (κ1) is 15.5. The van der Waals surface area contributed by atoms with E-state index in [1.54, 1.807) is 10.7 Å². The number of carboxylic acid groups (broad SMARTS) is 1. The number of carbonyl (C=O) groups is 1. The van der Waals surface area contributed by atoms with Gasteiger partial charge in [0.1, 0.15) is 5.82 Å². The Balaban J connectivity index is 2.60. The minimum atomic E-state index is -0.902. The van der Waals surface area contributed by atoms with E-state index in [0.29, 0.717) is 24.1 Å². The topological polar surface area (TPSA) is 55.1 Å². The summed E-state index contributed by atoms with van der Waals surface area (Å²) in [4.78, 5) is 11.0. The molecule has 0 aliphatic carbocycles. The lowest BCUT2D eigenvalue weighted by molar-refractivity contribution is -0.136. The van der Waals surface area contributed by atoms with Gasteiger partial charge in [-0.15, -0.1) is 0 Å². The number of aliphatic carboxylic acids is 1. The molecular weight excluding hydrogens is 295 g/mol. The second kappa shape index (κ2) is 6.26. The van der Waals surface area contributed by atoms with E-state index in [-0.39, 0.29) is 11.4 Å². The number of hydrogen-bond acceptors (Lipinski definition) is 2. The summed E-state index contributed by atoms with van der Waals surface area (Å²) in [5.41, 5.74) is 2.77. The van der Waals surface area contributed by atoms with Gasteiger partial charge in [-0.25, -0.2) is 9.07 Å². The van der Waals surface area contributed by atoms with Gasteiger partial charge in [0.15, 0.2) is 0 Å². The maximum Gasteiger partial charge on any atom is 0.307 e. The van der Waals surface area contributed by atoms with E-state index in [1.165, 1.54) is 12.1 Å². The van der Waals surface area contributed by atoms with Crippen LogP contribution in [0.5, 0.6) is 0 Å². The van der Waals surface area contributed by atoms with Crippen molar-refractivity contribution in [1.29, 1.82) is 0 Å². The Morgan fingerprint density at radius 1 is 1.38 bits per heavy atom. The van der Waals surface area contributed by atoms with Crippen molar-refractivity contribution in [3.05, 3.63) is 46.0 Å². The zero-order valence-electron chi connectivity index (χ0n) is 11.9. The van der Waals surface area contributed by atoms with Crippen molar-refractivity contribution in [2.75, 3.05) is 0 Å². The highest BCUT2D eigenvalue weighted by Gasteiger charge is 2.19. The van der Waals surface area contributed by atoms with Crippen molar-refractivity contribution in [3.8, 4) is 5.69 Å². The van der Waals surface area contributed by atoms with E-state index >= 15 is 0 Å². The third-order valence-electron chi connectivity index (χ3n) is 3.32. The van der Waals surface area contributed by atoms with Gasteiger partial charge in [-0.3, -0.25) is 4.79 Å². The van der Waals surface area contributed by atoms with Gasteiger partial charge in [0.2, 0.25) is 0 Å². The van der Waals surface area contributed by atoms with Crippen LogP contribution in [0.4, 0.5) is 4.39 Å². The van der Waals surface area contributed by atoms with Crippen LogP contribution >= 0.6 is 11.6 Å². The SMILES string of the molecule is CCc1nn(-c2ccc(Cl)c(F)c2)c(CC)c1CC(=O)O. The van der Waals surface area contributed by atoms with Crippen LogP contribution in [0.1, 0.15) is 30.8 Å². The summed E-state index contributed by atoms with van der Waals surface area (Å²) in [7, 11) is 0. The van der Waals surface area contributed by atoms with Crippen molar-refractivity contribution in [2.24, 2.45) is 0 Å². The van der Waals surface area contributed by atoms with Crippen molar-refractivity contribution in [2.45, 2.75) is 33.1 Å². The molecule has 2 rings (SSSR count). The third kappa shape index (κ3) is 3.08. The second-order valence-electron chi connectivity index (χ2n) is 4.66. The zero-order chi connectivity index (χ0) is 15.6. The standard InChI is InChI=1S/C15H16ClFN2O2/c1-3-13-10(8-15(20)21)14(4-2)19(18-13)9-5-6-11(16)12(17)7-9/h5-7H,3-4,8H2,1-2H3,(H,20,21). The summed E-state index contributed by atoms with van der Waals surface area (Å²) >= 11 is 5.69. The molecule has 0 saturated heterocycles. The molecule has 0 aliphatic heterocycles. The number of halogens is 2.